The van der Waals surface area contributed by atoms with Crippen LogP contribution < -0.4 is 5.32 Å². The van der Waals surface area contributed by atoms with Crippen molar-refractivity contribution in [2.24, 2.45) is 0 Å². The minimum atomic E-state index is -1.13. The predicted octanol–water partition coefficient (Wildman–Crippen LogP) is 1.65. The number of furan rings is 1. The Morgan fingerprint density at radius 2 is 2.18 bits per heavy atom. The van der Waals surface area contributed by atoms with Crippen molar-refractivity contribution in [2.75, 3.05) is 13.6 Å². The van der Waals surface area contributed by atoms with Gasteiger partial charge >= 0.3 is 5.97 Å². The highest BCUT2D eigenvalue weighted by Crippen LogP contribution is 2.15. The van der Waals surface area contributed by atoms with Gasteiger partial charge in [-0.2, -0.15) is 0 Å². The standard InChI is InChI=1S/C14H17BrN2O5/c1-3-4-5-9(14(20)21)16-12(18)8-17(2)13(19)10-6-7-11(15)22-10/h3,6-7,9H,1,4-5,8H2,2H3,(H,16,18)(H,20,21). The zero-order valence-corrected chi connectivity index (χ0v) is 13.6. The fourth-order valence-electron chi connectivity index (χ4n) is 1.69. The second-order valence-corrected chi connectivity index (χ2v) is 5.37. The molecule has 2 amide bonds. The number of rotatable bonds is 8. The average Bonchev–Trinajstić information content (AvgIpc) is 2.88. The zero-order chi connectivity index (χ0) is 16.7. The first-order valence-electron chi connectivity index (χ1n) is 6.49. The molecule has 22 heavy (non-hydrogen) atoms. The number of allylic oxidation sites excluding steroid dienone is 1. The smallest absolute Gasteiger partial charge is 0.326 e. The normalized spacial score (nSPS) is 11.5. The molecule has 0 aliphatic carbocycles. The maximum Gasteiger partial charge on any atom is 0.326 e. The number of hydrogen-bond donors (Lipinski definition) is 2. The lowest BCUT2D eigenvalue weighted by molar-refractivity contribution is -0.142. The van der Waals surface area contributed by atoms with Crippen LogP contribution in [0.1, 0.15) is 23.4 Å². The van der Waals surface area contributed by atoms with Crippen LogP contribution in [0.15, 0.2) is 33.9 Å². The van der Waals surface area contributed by atoms with Crippen molar-refractivity contribution >= 4 is 33.7 Å². The average molecular weight is 373 g/mol. The van der Waals surface area contributed by atoms with E-state index < -0.39 is 23.8 Å². The number of carbonyl (C=O) groups is 3. The maximum atomic E-state index is 12.0. The first-order valence-corrected chi connectivity index (χ1v) is 7.28. The van der Waals surface area contributed by atoms with Gasteiger partial charge in [0.1, 0.15) is 6.04 Å². The molecule has 1 aromatic heterocycles. The fraction of sp³-hybridized carbons (Fsp3) is 0.357. The number of aliphatic carboxylic acids is 1. The van der Waals surface area contributed by atoms with Gasteiger partial charge in [-0.1, -0.05) is 6.08 Å². The number of nitrogens with zero attached hydrogens (tertiary/aromatic N) is 1. The van der Waals surface area contributed by atoms with Crippen molar-refractivity contribution in [1.29, 1.82) is 0 Å². The number of nitrogens with one attached hydrogen (secondary N) is 1. The van der Waals surface area contributed by atoms with E-state index >= 15 is 0 Å². The molecule has 8 heteroatoms. The molecular weight excluding hydrogens is 356 g/mol. The van der Waals surface area contributed by atoms with Crippen LogP contribution in [0.3, 0.4) is 0 Å². The third-order valence-corrected chi connectivity index (χ3v) is 3.23. The van der Waals surface area contributed by atoms with E-state index in [9.17, 15) is 14.4 Å². The van der Waals surface area contributed by atoms with E-state index in [1.54, 1.807) is 12.1 Å². The Morgan fingerprint density at radius 3 is 2.68 bits per heavy atom. The molecule has 0 aliphatic rings. The SMILES string of the molecule is C=CCCC(NC(=O)CN(C)C(=O)c1ccc(Br)o1)C(=O)O. The monoisotopic (exact) mass is 372 g/mol. The number of amides is 2. The van der Waals surface area contributed by atoms with Gasteiger partial charge in [0, 0.05) is 7.05 Å². The molecule has 0 saturated carbocycles. The van der Waals surface area contributed by atoms with Gasteiger partial charge in [0.25, 0.3) is 5.91 Å². The van der Waals surface area contributed by atoms with Crippen molar-refractivity contribution < 1.29 is 23.9 Å². The third kappa shape index (κ3) is 5.36. The lowest BCUT2D eigenvalue weighted by atomic mass is 10.1. The largest absolute Gasteiger partial charge is 0.480 e. The molecule has 0 aliphatic heterocycles. The molecule has 0 spiro atoms. The maximum absolute atomic E-state index is 12.0. The predicted molar refractivity (Wildman–Crippen MR) is 82.4 cm³/mol. The molecule has 1 heterocycles. The molecule has 0 aromatic carbocycles. The summed E-state index contributed by atoms with van der Waals surface area (Å²) in [5, 5.41) is 11.4. The van der Waals surface area contributed by atoms with E-state index in [0.717, 1.165) is 4.90 Å². The fourth-order valence-corrected chi connectivity index (χ4v) is 1.99. The highest BCUT2D eigenvalue weighted by atomic mass is 79.9. The Balaban J connectivity index is 2.57. The Bertz CT molecular complexity index is 569. The van der Waals surface area contributed by atoms with E-state index in [1.807, 2.05) is 0 Å². The molecule has 1 aromatic rings. The second-order valence-electron chi connectivity index (χ2n) is 4.59. The minimum Gasteiger partial charge on any atom is -0.480 e. The molecule has 1 rings (SSSR count). The van der Waals surface area contributed by atoms with E-state index in [-0.39, 0.29) is 18.7 Å². The van der Waals surface area contributed by atoms with Crippen molar-refractivity contribution in [2.45, 2.75) is 18.9 Å². The first kappa shape index (κ1) is 18.0. The minimum absolute atomic E-state index is 0.0867. The van der Waals surface area contributed by atoms with Crippen molar-refractivity contribution in [3.8, 4) is 0 Å². The van der Waals surface area contributed by atoms with Crippen molar-refractivity contribution in [3.05, 3.63) is 35.2 Å². The lowest BCUT2D eigenvalue weighted by Crippen LogP contribution is -2.45. The van der Waals surface area contributed by atoms with Gasteiger partial charge in [0.05, 0.1) is 6.54 Å². The molecule has 0 saturated heterocycles. The van der Waals surface area contributed by atoms with Gasteiger partial charge in [0.2, 0.25) is 5.91 Å². The van der Waals surface area contributed by atoms with Gasteiger partial charge in [0.15, 0.2) is 10.4 Å². The molecule has 2 N–H and O–H groups in total. The topological polar surface area (TPSA) is 99.9 Å². The highest BCUT2D eigenvalue weighted by Gasteiger charge is 2.22. The van der Waals surface area contributed by atoms with Crippen LogP contribution in [-0.2, 0) is 9.59 Å². The van der Waals surface area contributed by atoms with Crippen molar-refractivity contribution in [3.63, 3.8) is 0 Å². The Kier molecular flexibility index (Phi) is 6.84. The Morgan fingerprint density at radius 1 is 1.50 bits per heavy atom. The summed E-state index contributed by atoms with van der Waals surface area (Å²) in [4.78, 5) is 36.0. The van der Waals surface area contributed by atoms with Gasteiger partial charge in [-0.3, -0.25) is 9.59 Å². The van der Waals surface area contributed by atoms with E-state index in [1.165, 1.54) is 13.1 Å². The summed E-state index contributed by atoms with van der Waals surface area (Å²) in [6, 6.07) is 2.04. The van der Waals surface area contributed by atoms with Crippen LogP contribution in [0.4, 0.5) is 0 Å². The summed E-state index contributed by atoms with van der Waals surface area (Å²) in [7, 11) is 1.43. The molecule has 1 atom stereocenters. The summed E-state index contributed by atoms with van der Waals surface area (Å²) in [6.07, 6.45) is 2.28. The van der Waals surface area contributed by atoms with Crippen LogP contribution in [0.5, 0.6) is 0 Å². The molecular formula is C14H17BrN2O5. The number of likely N-dealkylation sites (N-methyl/N-ethyl adjacent to an activating group) is 1. The Hall–Kier alpha value is -2.09. The summed E-state index contributed by atoms with van der Waals surface area (Å²) in [6.45, 7) is 3.24. The Labute approximate surface area is 136 Å². The third-order valence-electron chi connectivity index (χ3n) is 2.80. The number of carboxylic acid groups (broad SMARTS) is 1. The van der Waals surface area contributed by atoms with Gasteiger partial charge in [-0.25, -0.2) is 4.79 Å². The number of halogens is 1. The lowest BCUT2D eigenvalue weighted by Gasteiger charge is -2.18. The molecule has 0 radical (unpaired) electrons. The van der Waals surface area contributed by atoms with E-state index in [0.29, 0.717) is 11.1 Å². The first-order chi connectivity index (χ1) is 10.3. The molecule has 1 unspecified atom stereocenters. The van der Waals surface area contributed by atoms with Crippen LogP contribution in [0, 0.1) is 0 Å². The van der Waals surface area contributed by atoms with Crippen LogP contribution in [0.2, 0.25) is 0 Å². The summed E-state index contributed by atoms with van der Waals surface area (Å²) in [5.41, 5.74) is 0. The van der Waals surface area contributed by atoms with Gasteiger partial charge in [-0.15, -0.1) is 6.58 Å². The molecule has 0 bridgehead atoms. The van der Waals surface area contributed by atoms with Gasteiger partial charge < -0.3 is 19.7 Å². The number of hydrogen-bond acceptors (Lipinski definition) is 4. The second kappa shape index (κ2) is 8.38. The van der Waals surface area contributed by atoms with E-state index in [4.69, 9.17) is 9.52 Å². The summed E-state index contributed by atoms with van der Waals surface area (Å²) < 4.78 is 5.52. The molecule has 7 nitrogen and oxygen atoms in total. The van der Waals surface area contributed by atoms with Gasteiger partial charge in [-0.05, 0) is 40.9 Å². The van der Waals surface area contributed by atoms with E-state index in [2.05, 4.69) is 27.8 Å². The quantitative estimate of drug-likeness (QED) is 0.675. The molecule has 0 fully saturated rings. The summed E-state index contributed by atoms with van der Waals surface area (Å²) >= 11 is 3.08. The van der Waals surface area contributed by atoms with Crippen LogP contribution in [-0.4, -0.2) is 47.4 Å². The number of carbonyl (C=O) groups excluding carboxylic acids is 2. The van der Waals surface area contributed by atoms with Crippen molar-refractivity contribution in [1.82, 2.24) is 10.2 Å². The van der Waals surface area contributed by atoms with Crippen LogP contribution >= 0.6 is 15.9 Å². The number of carboxylic acids is 1. The highest BCUT2D eigenvalue weighted by molar-refractivity contribution is 9.10. The van der Waals surface area contributed by atoms with Crippen LogP contribution in [0.25, 0.3) is 0 Å². The summed E-state index contributed by atoms with van der Waals surface area (Å²) in [5.74, 6) is -2.07. The zero-order valence-electron chi connectivity index (χ0n) is 12.0. The molecule has 120 valence electrons.